The van der Waals surface area contributed by atoms with E-state index in [0.29, 0.717) is 30.4 Å². The molecule has 132 valence electrons. The molecule has 1 aliphatic heterocycles. The minimum Gasteiger partial charge on any atom is -0.486 e. The molecule has 1 atom stereocenters. The minimum atomic E-state index is -0.227. The number of carbonyl (C=O) groups excluding carboxylic acids is 1. The second-order valence-corrected chi connectivity index (χ2v) is 5.99. The van der Waals surface area contributed by atoms with E-state index in [1.807, 2.05) is 49.4 Å². The van der Waals surface area contributed by atoms with E-state index in [1.165, 1.54) is 6.08 Å². The van der Waals surface area contributed by atoms with E-state index in [-0.39, 0.29) is 11.9 Å². The number of hydrogen-bond acceptors (Lipinski definition) is 5. The molecule has 26 heavy (non-hydrogen) atoms. The molecule has 2 aromatic carbocycles. The quantitative estimate of drug-likeness (QED) is 0.729. The first-order valence-electron chi connectivity index (χ1n) is 8.43. The molecule has 1 N–H and O–H groups in total. The normalized spacial score (nSPS) is 14.5. The Kier molecular flexibility index (Phi) is 4.31. The lowest BCUT2D eigenvalue weighted by Crippen LogP contribution is -2.25. The number of benzene rings is 2. The Balaban J connectivity index is 1.42. The van der Waals surface area contributed by atoms with Gasteiger partial charge < -0.3 is 19.2 Å². The van der Waals surface area contributed by atoms with Crippen LogP contribution in [0.2, 0.25) is 0 Å². The highest BCUT2D eigenvalue weighted by molar-refractivity contribution is 5.91. The first kappa shape index (κ1) is 16.2. The van der Waals surface area contributed by atoms with Crippen molar-refractivity contribution in [2.24, 2.45) is 0 Å². The van der Waals surface area contributed by atoms with Crippen LogP contribution in [-0.2, 0) is 4.79 Å². The number of hydrogen-bond donors (Lipinski definition) is 1. The number of amides is 1. The molecule has 0 spiro atoms. The monoisotopic (exact) mass is 350 g/mol. The number of nitrogens with one attached hydrogen (secondary N) is 1. The number of para-hydroxylation sites is 2. The van der Waals surface area contributed by atoms with Gasteiger partial charge in [0.25, 0.3) is 0 Å². The molecule has 6 nitrogen and oxygen atoms in total. The van der Waals surface area contributed by atoms with Gasteiger partial charge >= 0.3 is 0 Å². The highest BCUT2D eigenvalue weighted by Crippen LogP contribution is 2.32. The van der Waals surface area contributed by atoms with Crippen LogP contribution in [0.25, 0.3) is 17.2 Å². The van der Waals surface area contributed by atoms with E-state index in [9.17, 15) is 4.79 Å². The molecule has 2 heterocycles. The van der Waals surface area contributed by atoms with Gasteiger partial charge in [0.1, 0.15) is 18.7 Å². The Morgan fingerprint density at radius 3 is 2.81 bits per heavy atom. The van der Waals surface area contributed by atoms with Crippen molar-refractivity contribution in [3.63, 3.8) is 0 Å². The van der Waals surface area contributed by atoms with Crippen molar-refractivity contribution < 1.29 is 18.7 Å². The standard InChI is InChI=1S/C20H18N2O4/c1-13(14-6-7-17-18(12-14)25-11-10-24-17)21-19(23)8-9-20-22-15-4-2-3-5-16(15)26-20/h2-9,12-13H,10-11H2,1H3,(H,21,23)/b9-8+. The average molecular weight is 350 g/mol. The summed E-state index contributed by atoms with van der Waals surface area (Å²) in [6, 6.07) is 13.0. The summed E-state index contributed by atoms with van der Waals surface area (Å²) in [5, 5.41) is 2.92. The lowest BCUT2D eigenvalue weighted by Gasteiger charge is -2.20. The van der Waals surface area contributed by atoms with Crippen molar-refractivity contribution in [3.05, 3.63) is 60.0 Å². The SMILES string of the molecule is CC(NC(=O)/C=C/c1nc2ccccc2o1)c1ccc2c(c1)OCCO2. The largest absolute Gasteiger partial charge is 0.486 e. The second kappa shape index (κ2) is 6.92. The smallest absolute Gasteiger partial charge is 0.244 e. The van der Waals surface area contributed by atoms with Gasteiger partial charge in [0.2, 0.25) is 11.8 Å². The molecule has 1 amide bonds. The van der Waals surface area contributed by atoms with Crippen molar-refractivity contribution in [2.45, 2.75) is 13.0 Å². The van der Waals surface area contributed by atoms with Crippen LogP contribution >= 0.6 is 0 Å². The fourth-order valence-corrected chi connectivity index (χ4v) is 2.78. The maximum Gasteiger partial charge on any atom is 0.244 e. The van der Waals surface area contributed by atoms with Crippen LogP contribution in [-0.4, -0.2) is 24.1 Å². The molecule has 0 fully saturated rings. The van der Waals surface area contributed by atoms with E-state index >= 15 is 0 Å². The van der Waals surface area contributed by atoms with Crippen LogP contribution in [0.5, 0.6) is 11.5 Å². The third-order valence-corrected chi connectivity index (χ3v) is 4.11. The zero-order valence-corrected chi connectivity index (χ0v) is 14.3. The van der Waals surface area contributed by atoms with Gasteiger partial charge in [-0.1, -0.05) is 18.2 Å². The fourth-order valence-electron chi connectivity index (χ4n) is 2.78. The molecule has 0 bridgehead atoms. The van der Waals surface area contributed by atoms with Gasteiger partial charge in [-0.2, -0.15) is 0 Å². The Bertz CT molecular complexity index is 944. The fraction of sp³-hybridized carbons (Fsp3) is 0.200. The van der Waals surface area contributed by atoms with E-state index in [4.69, 9.17) is 13.9 Å². The number of aromatic nitrogens is 1. The topological polar surface area (TPSA) is 73.6 Å². The van der Waals surface area contributed by atoms with Gasteiger partial charge in [-0.15, -0.1) is 0 Å². The summed E-state index contributed by atoms with van der Waals surface area (Å²) in [6.07, 6.45) is 2.98. The lowest BCUT2D eigenvalue weighted by atomic mass is 10.1. The van der Waals surface area contributed by atoms with E-state index in [2.05, 4.69) is 10.3 Å². The molecule has 1 aliphatic rings. The van der Waals surface area contributed by atoms with E-state index in [1.54, 1.807) is 6.08 Å². The molecule has 0 saturated heterocycles. The number of nitrogens with zero attached hydrogens (tertiary/aromatic N) is 1. The van der Waals surface area contributed by atoms with Gasteiger partial charge in [0, 0.05) is 12.2 Å². The summed E-state index contributed by atoms with van der Waals surface area (Å²) in [5.41, 5.74) is 2.40. The van der Waals surface area contributed by atoms with E-state index in [0.717, 1.165) is 16.8 Å². The van der Waals surface area contributed by atoms with Gasteiger partial charge in [-0.05, 0) is 36.8 Å². The maximum absolute atomic E-state index is 12.2. The minimum absolute atomic E-state index is 0.174. The highest BCUT2D eigenvalue weighted by atomic mass is 16.6. The molecule has 3 aromatic rings. The average Bonchev–Trinajstić information content (AvgIpc) is 3.09. The summed E-state index contributed by atoms with van der Waals surface area (Å²) in [7, 11) is 0. The van der Waals surface area contributed by atoms with Crippen molar-refractivity contribution in [3.8, 4) is 11.5 Å². The van der Waals surface area contributed by atoms with Crippen molar-refractivity contribution in [2.75, 3.05) is 13.2 Å². The third kappa shape index (κ3) is 3.39. The highest BCUT2D eigenvalue weighted by Gasteiger charge is 2.15. The van der Waals surface area contributed by atoms with Crippen molar-refractivity contribution >= 4 is 23.1 Å². The summed E-state index contributed by atoms with van der Waals surface area (Å²) >= 11 is 0. The van der Waals surface area contributed by atoms with Gasteiger partial charge in [-0.3, -0.25) is 4.79 Å². The number of oxazole rings is 1. The van der Waals surface area contributed by atoms with Gasteiger partial charge in [0.05, 0.1) is 6.04 Å². The zero-order chi connectivity index (χ0) is 17.9. The number of fused-ring (bicyclic) bond motifs is 2. The Labute approximate surface area is 150 Å². The van der Waals surface area contributed by atoms with Crippen LogP contribution in [0.4, 0.5) is 0 Å². The molecule has 4 rings (SSSR count). The summed E-state index contributed by atoms with van der Waals surface area (Å²) in [4.78, 5) is 16.5. The number of rotatable bonds is 4. The van der Waals surface area contributed by atoms with Crippen LogP contribution in [0.3, 0.4) is 0 Å². The van der Waals surface area contributed by atoms with Crippen LogP contribution in [0.1, 0.15) is 24.4 Å². The second-order valence-electron chi connectivity index (χ2n) is 5.99. The van der Waals surface area contributed by atoms with Crippen LogP contribution < -0.4 is 14.8 Å². The van der Waals surface area contributed by atoms with Crippen LogP contribution in [0, 0.1) is 0 Å². The van der Waals surface area contributed by atoms with E-state index < -0.39 is 0 Å². The molecular weight excluding hydrogens is 332 g/mol. The third-order valence-electron chi connectivity index (χ3n) is 4.11. The molecular formula is C20H18N2O4. The molecule has 0 aliphatic carbocycles. The maximum atomic E-state index is 12.2. The Hall–Kier alpha value is -3.28. The molecule has 1 aromatic heterocycles. The van der Waals surface area contributed by atoms with Crippen LogP contribution in [0.15, 0.2) is 53.0 Å². The van der Waals surface area contributed by atoms with Gasteiger partial charge in [-0.25, -0.2) is 4.98 Å². The van der Waals surface area contributed by atoms with Crippen molar-refractivity contribution in [1.29, 1.82) is 0 Å². The number of carbonyl (C=O) groups is 1. The predicted molar refractivity (Wildman–Crippen MR) is 97.0 cm³/mol. The number of ether oxygens (including phenoxy) is 2. The Morgan fingerprint density at radius 1 is 1.15 bits per heavy atom. The first-order valence-corrected chi connectivity index (χ1v) is 8.43. The predicted octanol–water partition coefficient (Wildman–Crippen LogP) is 3.49. The Morgan fingerprint density at radius 2 is 1.96 bits per heavy atom. The molecule has 0 saturated carbocycles. The summed E-state index contributed by atoms with van der Waals surface area (Å²) in [5.74, 6) is 1.61. The lowest BCUT2D eigenvalue weighted by molar-refractivity contribution is -0.117. The van der Waals surface area contributed by atoms with Crippen molar-refractivity contribution in [1.82, 2.24) is 10.3 Å². The molecule has 0 radical (unpaired) electrons. The first-order chi connectivity index (χ1) is 12.7. The summed E-state index contributed by atoms with van der Waals surface area (Å²) in [6.45, 7) is 3.00. The molecule has 1 unspecified atom stereocenters. The van der Waals surface area contributed by atoms with Gasteiger partial charge in [0.15, 0.2) is 17.1 Å². The molecule has 6 heteroatoms. The summed E-state index contributed by atoms with van der Waals surface area (Å²) < 4.78 is 16.7. The zero-order valence-electron chi connectivity index (χ0n) is 14.3.